The summed E-state index contributed by atoms with van der Waals surface area (Å²) in [4.78, 5) is 0. The van der Waals surface area contributed by atoms with Crippen LogP contribution in [0.4, 0.5) is 0 Å². The highest BCUT2D eigenvalue weighted by Gasteiger charge is 2.17. The molecule has 0 aromatic carbocycles. The van der Waals surface area contributed by atoms with Crippen molar-refractivity contribution in [2.24, 2.45) is 0 Å². The second kappa shape index (κ2) is 8.21. The number of nitrogens with zero attached hydrogens (tertiary/aromatic N) is 3. The Kier molecular flexibility index (Phi) is 6.90. The van der Waals surface area contributed by atoms with E-state index in [0.717, 1.165) is 31.6 Å². The predicted molar refractivity (Wildman–Crippen MR) is 72.4 cm³/mol. The maximum absolute atomic E-state index is 5.73. The predicted octanol–water partition coefficient (Wildman–Crippen LogP) is 2.15. The molecule has 0 spiro atoms. The Labute approximate surface area is 110 Å². The second-order valence-electron chi connectivity index (χ2n) is 4.77. The minimum absolute atomic E-state index is 0.175. The third-order valence-corrected chi connectivity index (χ3v) is 2.68. The van der Waals surface area contributed by atoms with Gasteiger partial charge in [0.15, 0.2) is 0 Å². The molecule has 0 bridgehead atoms. The Bertz CT molecular complexity index is 325. The fourth-order valence-corrected chi connectivity index (χ4v) is 1.78. The molecule has 0 amide bonds. The van der Waals surface area contributed by atoms with Gasteiger partial charge < -0.3 is 10.1 Å². The SMILES string of the molecule is CCCNC(COC(C)C)c1cnnn1CCC. The van der Waals surface area contributed by atoms with Gasteiger partial charge in [-0.15, -0.1) is 5.10 Å². The van der Waals surface area contributed by atoms with Crippen molar-refractivity contribution in [1.82, 2.24) is 20.3 Å². The van der Waals surface area contributed by atoms with Gasteiger partial charge >= 0.3 is 0 Å². The molecule has 1 aromatic heterocycles. The monoisotopic (exact) mass is 254 g/mol. The van der Waals surface area contributed by atoms with Gasteiger partial charge in [0.05, 0.1) is 30.6 Å². The van der Waals surface area contributed by atoms with Crippen LogP contribution in [-0.2, 0) is 11.3 Å². The molecule has 0 aliphatic rings. The van der Waals surface area contributed by atoms with E-state index in [0.29, 0.717) is 6.61 Å². The standard InChI is InChI=1S/C13H26N4O/c1-5-7-14-12(10-18-11(3)4)13-9-15-16-17(13)8-6-2/h9,11-12,14H,5-8,10H2,1-4H3. The molecule has 1 rings (SSSR count). The third-order valence-electron chi connectivity index (χ3n) is 2.68. The van der Waals surface area contributed by atoms with Crippen molar-refractivity contribution in [2.45, 2.75) is 59.2 Å². The molecule has 1 heterocycles. The number of aromatic nitrogens is 3. The molecule has 0 fully saturated rings. The molecular weight excluding hydrogens is 228 g/mol. The van der Waals surface area contributed by atoms with Crippen LogP contribution in [0.2, 0.25) is 0 Å². The summed E-state index contributed by atoms with van der Waals surface area (Å²) in [7, 11) is 0. The Morgan fingerprint density at radius 2 is 2.11 bits per heavy atom. The Hall–Kier alpha value is -0.940. The number of hydrogen-bond acceptors (Lipinski definition) is 4. The van der Waals surface area contributed by atoms with Gasteiger partial charge in [-0.05, 0) is 33.2 Å². The van der Waals surface area contributed by atoms with Crippen LogP contribution >= 0.6 is 0 Å². The van der Waals surface area contributed by atoms with Crippen molar-refractivity contribution in [3.63, 3.8) is 0 Å². The maximum Gasteiger partial charge on any atom is 0.0780 e. The second-order valence-corrected chi connectivity index (χ2v) is 4.77. The maximum atomic E-state index is 5.73. The lowest BCUT2D eigenvalue weighted by molar-refractivity contribution is 0.0593. The van der Waals surface area contributed by atoms with E-state index in [1.54, 1.807) is 0 Å². The van der Waals surface area contributed by atoms with E-state index in [1.165, 1.54) is 0 Å². The van der Waals surface area contributed by atoms with Crippen molar-refractivity contribution in [3.05, 3.63) is 11.9 Å². The first-order valence-corrected chi connectivity index (χ1v) is 6.92. The molecule has 1 unspecified atom stereocenters. The van der Waals surface area contributed by atoms with Crippen molar-refractivity contribution < 1.29 is 4.74 Å². The third kappa shape index (κ3) is 4.74. The lowest BCUT2D eigenvalue weighted by Crippen LogP contribution is -2.29. The summed E-state index contributed by atoms with van der Waals surface area (Å²) in [6, 6.07) is 0.175. The number of nitrogens with one attached hydrogen (secondary N) is 1. The average molecular weight is 254 g/mol. The van der Waals surface area contributed by atoms with Gasteiger partial charge in [-0.1, -0.05) is 19.1 Å². The van der Waals surface area contributed by atoms with E-state index in [-0.39, 0.29) is 12.1 Å². The summed E-state index contributed by atoms with van der Waals surface area (Å²) in [6.45, 7) is 11.0. The zero-order valence-corrected chi connectivity index (χ0v) is 12.0. The highest BCUT2D eigenvalue weighted by molar-refractivity contribution is 5.02. The summed E-state index contributed by atoms with van der Waals surface area (Å²) in [5.41, 5.74) is 1.12. The molecule has 0 aliphatic heterocycles. The molecule has 18 heavy (non-hydrogen) atoms. The van der Waals surface area contributed by atoms with Crippen molar-refractivity contribution in [1.29, 1.82) is 0 Å². The first-order valence-electron chi connectivity index (χ1n) is 6.92. The van der Waals surface area contributed by atoms with Crippen molar-refractivity contribution in [3.8, 4) is 0 Å². The largest absolute Gasteiger partial charge is 0.377 e. The first kappa shape index (κ1) is 15.1. The fraction of sp³-hybridized carbons (Fsp3) is 0.846. The van der Waals surface area contributed by atoms with Crippen LogP contribution in [0.15, 0.2) is 6.20 Å². The minimum Gasteiger partial charge on any atom is -0.377 e. The summed E-state index contributed by atoms with van der Waals surface area (Å²) < 4.78 is 7.70. The molecule has 1 atom stereocenters. The highest BCUT2D eigenvalue weighted by atomic mass is 16.5. The van der Waals surface area contributed by atoms with E-state index in [1.807, 2.05) is 10.9 Å². The summed E-state index contributed by atoms with van der Waals surface area (Å²) >= 11 is 0. The van der Waals surface area contributed by atoms with Crippen molar-refractivity contribution in [2.75, 3.05) is 13.2 Å². The van der Waals surface area contributed by atoms with E-state index in [9.17, 15) is 0 Å². The van der Waals surface area contributed by atoms with Gasteiger partial charge in [-0.2, -0.15) is 0 Å². The van der Waals surface area contributed by atoms with Gasteiger partial charge in [-0.25, -0.2) is 4.68 Å². The number of aryl methyl sites for hydroxylation is 1. The van der Waals surface area contributed by atoms with Crippen LogP contribution in [0.25, 0.3) is 0 Å². The van der Waals surface area contributed by atoms with E-state index < -0.39 is 0 Å². The topological polar surface area (TPSA) is 52.0 Å². The molecule has 5 heteroatoms. The van der Waals surface area contributed by atoms with Crippen LogP contribution in [0.5, 0.6) is 0 Å². The normalized spacial score (nSPS) is 13.2. The fourth-order valence-electron chi connectivity index (χ4n) is 1.78. The van der Waals surface area contributed by atoms with E-state index in [4.69, 9.17) is 4.74 Å². The molecule has 1 aromatic rings. The van der Waals surface area contributed by atoms with E-state index >= 15 is 0 Å². The lowest BCUT2D eigenvalue weighted by Gasteiger charge is -2.20. The van der Waals surface area contributed by atoms with E-state index in [2.05, 4.69) is 43.3 Å². The Morgan fingerprint density at radius 1 is 1.33 bits per heavy atom. The zero-order valence-electron chi connectivity index (χ0n) is 12.0. The van der Waals surface area contributed by atoms with Crippen LogP contribution < -0.4 is 5.32 Å². The molecule has 0 aliphatic carbocycles. The number of ether oxygens (including phenoxy) is 1. The first-order chi connectivity index (χ1) is 8.69. The molecule has 5 nitrogen and oxygen atoms in total. The van der Waals surface area contributed by atoms with Gasteiger partial charge in [0.25, 0.3) is 0 Å². The molecule has 1 N–H and O–H groups in total. The molecule has 104 valence electrons. The van der Waals surface area contributed by atoms with Gasteiger partial charge in [0.2, 0.25) is 0 Å². The lowest BCUT2D eigenvalue weighted by atomic mass is 10.2. The quantitative estimate of drug-likeness (QED) is 0.733. The molecular formula is C13H26N4O. The number of hydrogen-bond donors (Lipinski definition) is 1. The summed E-state index contributed by atoms with van der Waals surface area (Å²) in [5, 5.41) is 11.6. The van der Waals surface area contributed by atoms with Crippen LogP contribution in [0.1, 0.15) is 52.3 Å². The summed E-state index contributed by atoms with van der Waals surface area (Å²) in [6.07, 6.45) is 4.24. The Morgan fingerprint density at radius 3 is 2.72 bits per heavy atom. The van der Waals surface area contributed by atoms with Crippen LogP contribution in [0.3, 0.4) is 0 Å². The molecule has 0 radical (unpaired) electrons. The van der Waals surface area contributed by atoms with Gasteiger partial charge in [0, 0.05) is 6.54 Å². The zero-order chi connectivity index (χ0) is 13.4. The summed E-state index contributed by atoms with van der Waals surface area (Å²) in [5.74, 6) is 0. The highest BCUT2D eigenvalue weighted by Crippen LogP contribution is 2.13. The smallest absolute Gasteiger partial charge is 0.0780 e. The Balaban J connectivity index is 2.69. The number of rotatable bonds is 9. The van der Waals surface area contributed by atoms with Gasteiger partial charge in [0.1, 0.15) is 0 Å². The molecule has 0 saturated heterocycles. The minimum atomic E-state index is 0.175. The van der Waals surface area contributed by atoms with Crippen molar-refractivity contribution >= 4 is 0 Å². The van der Waals surface area contributed by atoms with Gasteiger partial charge in [-0.3, -0.25) is 0 Å². The average Bonchev–Trinajstić information content (AvgIpc) is 2.78. The molecule has 0 saturated carbocycles. The van der Waals surface area contributed by atoms with Crippen LogP contribution in [0, 0.1) is 0 Å². The van der Waals surface area contributed by atoms with Crippen LogP contribution in [-0.4, -0.2) is 34.2 Å².